The topological polar surface area (TPSA) is 106 Å². The summed E-state index contributed by atoms with van der Waals surface area (Å²) in [6.07, 6.45) is 0.807. The van der Waals surface area contributed by atoms with Crippen molar-refractivity contribution in [3.63, 3.8) is 0 Å². The second-order valence-electron chi connectivity index (χ2n) is 4.53. The summed E-state index contributed by atoms with van der Waals surface area (Å²) >= 11 is 0. The standard InChI is InChI=1S/C13H11F2NO6S/c1-6(17)21-12-10(18)11(22-13(12)16-23(2,19)20)7-3-4-8(14)9(15)5-7/h3-5,16,18H,1-2H3. The number of hydrogen-bond acceptors (Lipinski definition) is 6. The zero-order chi connectivity index (χ0) is 17.4. The number of halogens is 2. The molecule has 1 aromatic heterocycles. The van der Waals surface area contributed by atoms with Gasteiger partial charge in [0.25, 0.3) is 5.88 Å². The van der Waals surface area contributed by atoms with Gasteiger partial charge in [0, 0.05) is 12.5 Å². The number of carbonyl (C=O) groups is 1. The number of esters is 1. The quantitative estimate of drug-likeness (QED) is 0.822. The molecule has 23 heavy (non-hydrogen) atoms. The van der Waals surface area contributed by atoms with Crippen molar-refractivity contribution < 1.29 is 36.3 Å². The normalized spacial score (nSPS) is 11.3. The number of ether oxygens (including phenoxy) is 1. The summed E-state index contributed by atoms with van der Waals surface area (Å²) in [5, 5.41) is 10.0. The van der Waals surface area contributed by atoms with Crippen LogP contribution in [0.3, 0.4) is 0 Å². The van der Waals surface area contributed by atoms with Gasteiger partial charge in [-0.1, -0.05) is 0 Å². The van der Waals surface area contributed by atoms with Crippen LogP contribution in [0.1, 0.15) is 6.92 Å². The summed E-state index contributed by atoms with van der Waals surface area (Å²) in [7, 11) is -3.82. The number of rotatable bonds is 4. The molecule has 10 heteroatoms. The van der Waals surface area contributed by atoms with Crippen LogP contribution in [0.4, 0.5) is 14.7 Å². The van der Waals surface area contributed by atoms with Crippen LogP contribution in [0.5, 0.6) is 11.5 Å². The molecular formula is C13H11F2NO6S. The molecular weight excluding hydrogens is 336 g/mol. The molecule has 2 N–H and O–H groups in total. The van der Waals surface area contributed by atoms with Crippen molar-refractivity contribution in [3.05, 3.63) is 29.8 Å². The minimum absolute atomic E-state index is 0.0867. The summed E-state index contributed by atoms with van der Waals surface area (Å²) in [4.78, 5) is 11.1. The van der Waals surface area contributed by atoms with Gasteiger partial charge in [0.15, 0.2) is 17.4 Å². The average Bonchev–Trinajstić information content (AvgIpc) is 2.68. The number of furan rings is 1. The number of benzene rings is 1. The third-order valence-electron chi connectivity index (χ3n) is 2.55. The van der Waals surface area contributed by atoms with Gasteiger partial charge >= 0.3 is 5.97 Å². The molecule has 1 heterocycles. The number of anilines is 1. The monoisotopic (exact) mass is 347 g/mol. The molecule has 2 aromatic rings. The summed E-state index contributed by atoms with van der Waals surface area (Å²) in [5.74, 6) is -5.46. The molecule has 124 valence electrons. The van der Waals surface area contributed by atoms with Crippen molar-refractivity contribution in [2.45, 2.75) is 6.92 Å². The SMILES string of the molecule is CC(=O)Oc1c(NS(C)(=O)=O)oc(-c2ccc(F)c(F)c2)c1O. The predicted molar refractivity (Wildman–Crippen MR) is 75.5 cm³/mol. The molecule has 0 saturated carbocycles. The average molecular weight is 347 g/mol. The Balaban J connectivity index is 2.60. The van der Waals surface area contributed by atoms with Crippen LogP contribution in [0.15, 0.2) is 22.6 Å². The van der Waals surface area contributed by atoms with Crippen molar-refractivity contribution in [1.29, 1.82) is 0 Å². The van der Waals surface area contributed by atoms with Crippen LogP contribution in [-0.2, 0) is 14.8 Å². The minimum atomic E-state index is -3.82. The van der Waals surface area contributed by atoms with Crippen LogP contribution < -0.4 is 9.46 Å². The summed E-state index contributed by atoms with van der Waals surface area (Å²) in [6.45, 7) is 1.02. The minimum Gasteiger partial charge on any atom is -0.502 e. The van der Waals surface area contributed by atoms with Gasteiger partial charge in [-0.25, -0.2) is 17.2 Å². The van der Waals surface area contributed by atoms with E-state index in [4.69, 9.17) is 9.15 Å². The molecule has 1 aromatic carbocycles. The highest BCUT2D eigenvalue weighted by Crippen LogP contribution is 2.46. The molecule has 0 amide bonds. The van der Waals surface area contributed by atoms with Crippen molar-refractivity contribution in [2.75, 3.05) is 11.0 Å². The van der Waals surface area contributed by atoms with Crippen LogP contribution in [0.2, 0.25) is 0 Å². The number of aromatic hydroxyl groups is 1. The van der Waals surface area contributed by atoms with Gasteiger partial charge in [0.2, 0.25) is 21.5 Å². The second-order valence-corrected chi connectivity index (χ2v) is 6.28. The van der Waals surface area contributed by atoms with E-state index < -0.39 is 50.8 Å². The Bertz CT molecular complexity index is 875. The van der Waals surface area contributed by atoms with Crippen LogP contribution in [-0.4, -0.2) is 25.7 Å². The van der Waals surface area contributed by atoms with Gasteiger partial charge in [-0.05, 0) is 18.2 Å². The maximum Gasteiger partial charge on any atom is 0.308 e. The Morgan fingerprint density at radius 1 is 1.30 bits per heavy atom. The van der Waals surface area contributed by atoms with E-state index in [0.717, 1.165) is 31.4 Å². The Morgan fingerprint density at radius 3 is 2.48 bits per heavy atom. The lowest BCUT2D eigenvalue weighted by molar-refractivity contribution is -0.131. The molecule has 0 unspecified atom stereocenters. The maximum atomic E-state index is 13.3. The van der Waals surface area contributed by atoms with E-state index in [2.05, 4.69) is 0 Å². The Kier molecular flexibility index (Phi) is 4.28. The number of sulfonamides is 1. The first kappa shape index (κ1) is 16.7. The molecule has 2 rings (SSSR count). The van der Waals surface area contributed by atoms with E-state index in [1.807, 2.05) is 4.72 Å². The number of hydrogen-bond donors (Lipinski definition) is 2. The van der Waals surface area contributed by atoms with Crippen molar-refractivity contribution >= 4 is 21.9 Å². The van der Waals surface area contributed by atoms with E-state index in [1.165, 1.54) is 0 Å². The van der Waals surface area contributed by atoms with Gasteiger partial charge in [0.05, 0.1) is 6.26 Å². The van der Waals surface area contributed by atoms with E-state index in [9.17, 15) is 27.1 Å². The third kappa shape index (κ3) is 3.77. The van der Waals surface area contributed by atoms with E-state index in [0.29, 0.717) is 0 Å². The third-order valence-corrected chi connectivity index (χ3v) is 3.10. The zero-order valence-corrected chi connectivity index (χ0v) is 12.7. The molecule has 0 bridgehead atoms. The highest BCUT2D eigenvalue weighted by molar-refractivity contribution is 7.92. The Hall–Kier alpha value is -2.62. The van der Waals surface area contributed by atoms with E-state index >= 15 is 0 Å². The lowest BCUT2D eigenvalue weighted by Gasteiger charge is -2.02. The van der Waals surface area contributed by atoms with Gasteiger partial charge in [-0.15, -0.1) is 0 Å². The molecule has 0 radical (unpaired) electrons. The lowest BCUT2D eigenvalue weighted by atomic mass is 10.1. The Morgan fingerprint density at radius 2 is 1.96 bits per heavy atom. The summed E-state index contributed by atoms with van der Waals surface area (Å²) in [6, 6.07) is 2.62. The zero-order valence-electron chi connectivity index (χ0n) is 11.9. The fourth-order valence-corrected chi connectivity index (χ4v) is 2.19. The number of nitrogens with one attached hydrogen (secondary N) is 1. The predicted octanol–water partition coefficient (Wildman–Crippen LogP) is 2.23. The summed E-state index contributed by atoms with van der Waals surface area (Å²) < 4.78 is 60.5. The highest BCUT2D eigenvalue weighted by atomic mass is 32.2. The molecule has 0 aliphatic rings. The lowest BCUT2D eigenvalue weighted by Crippen LogP contribution is -2.11. The molecule has 0 atom stereocenters. The van der Waals surface area contributed by atoms with Gasteiger partial charge in [-0.2, -0.15) is 0 Å². The fourth-order valence-electron chi connectivity index (χ4n) is 1.71. The summed E-state index contributed by atoms with van der Waals surface area (Å²) in [5.41, 5.74) is -0.0867. The molecule has 0 fully saturated rings. The van der Waals surface area contributed by atoms with Gasteiger partial charge < -0.3 is 14.3 Å². The van der Waals surface area contributed by atoms with E-state index in [-0.39, 0.29) is 5.56 Å². The fraction of sp³-hybridized carbons (Fsp3) is 0.154. The molecule has 0 aliphatic carbocycles. The number of carbonyl (C=O) groups excluding carboxylic acids is 1. The largest absolute Gasteiger partial charge is 0.502 e. The smallest absolute Gasteiger partial charge is 0.308 e. The maximum absolute atomic E-state index is 13.3. The van der Waals surface area contributed by atoms with Crippen molar-refractivity contribution in [2.24, 2.45) is 0 Å². The first-order valence-electron chi connectivity index (χ1n) is 6.06. The first-order valence-corrected chi connectivity index (χ1v) is 7.95. The van der Waals surface area contributed by atoms with Crippen LogP contribution in [0.25, 0.3) is 11.3 Å². The van der Waals surface area contributed by atoms with Crippen molar-refractivity contribution in [1.82, 2.24) is 0 Å². The molecule has 0 saturated heterocycles. The van der Waals surface area contributed by atoms with Crippen molar-refractivity contribution in [3.8, 4) is 22.8 Å². The van der Waals surface area contributed by atoms with E-state index in [1.54, 1.807) is 0 Å². The van der Waals surface area contributed by atoms with Crippen LogP contribution in [0, 0.1) is 11.6 Å². The molecule has 7 nitrogen and oxygen atoms in total. The highest BCUT2D eigenvalue weighted by Gasteiger charge is 2.26. The second kappa shape index (κ2) is 5.88. The van der Waals surface area contributed by atoms with Gasteiger partial charge in [-0.3, -0.25) is 9.52 Å². The Labute approximate surface area is 129 Å². The molecule has 0 spiro atoms. The van der Waals surface area contributed by atoms with Crippen LogP contribution >= 0.6 is 0 Å². The van der Waals surface area contributed by atoms with Gasteiger partial charge in [0.1, 0.15) is 0 Å². The molecule has 0 aliphatic heterocycles. The first-order chi connectivity index (χ1) is 10.6.